The number of carbonyl (C=O) groups is 1. The molecule has 1 aromatic carbocycles. The molecule has 1 amide bonds. The quantitative estimate of drug-likeness (QED) is 0.844. The highest BCUT2D eigenvalue weighted by atomic mass is 35.5. The molecule has 0 radical (unpaired) electrons. The van der Waals surface area contributed by atoms with E-state index in [0.29, 0.717) is 29.5 Å². The number of benzene rings is 1. The van der Waals surface area contributed by atoms with Crippen LogP contribution in [-0.2, 0) is 11.3 Å². The standard InChI is InChI=1S/C13H16ClN5O/c1-3-18(4-2)12(20)9-19-16-13(15-17-19)10-7-5-6-8-11(10)14/h5-8H,3-4,9H2,1-2H3. The predicted molar refractivity (Wildman–Crippen MR) is 76.2 cm³/mol. The summed E-state index contributed by atoms with van der Waals surface area (Å²) in [6.45, 7) is 5.29. The first-order chi connectivity index (χ1) is 9.65. The minimum absolute atomic E-state index is 0.0295. The van der Waals surface area contributed by atoms with Crippen molar-refractivity contribution in [1.82, 2.24) is 25.1 Å². The number of aromatic nitrogens is 4. The van der Waals surface area contributed by atoms with Crippen molar-refractivity contribution in [2.24, 2.45) is 0 Å². The lowest BCUT2D eigenvalue weighted by molar-refractivity contribution is -0.131. The zero-order chi connectivity index (χ0) is 14.5. The molecule has 0 saturated heterocycles. The van der Waals surface area contributed by atoms with Crippen LogP contribution in [0.3, 0.4) is 0 Å². The maximum Gasteiger partial charge on any atom is 0.246 e. The highest BCUT2D eigenvalue weighted by Gasteiger charge is 2.14. The Bertz CT molecular complexity index is 594. The van der Waals surface area contributed by atoms with Gasteiger partial charge in [-0.15, -0.1) is 10.2 Å². The van der Waals surface area contributed by atoms with Gasteiger partial charge in [0.1, 0.15) is 6.54 Å². The molecule has 0 N–H and O–H groups in total. The van der Waals surface area contributed by atoms with Crippen LogP contribution in [0.25, 0.3) is 11.4 Å². The number of nitrogens with zero attached hydrogens (tertiary/aromatic N) is 5. The topological polar surface area (TPSA) is 63.9 Å². The normalized spacial score (nSPS) is 10.6. The van der Waals surface area contributed by atoms with E-state index in [1.807, 2.05) is 32.0 Å². The van der Waals surface area contributed by atoms with Gasteiger partial charge in [0.25, 0.3) is 0 Å². The van der Waals surface area contributed by atoms with Gasteiger partial charge in [-0.3, -0.25) is 4.79 Å². The number of likely N-dealkylation sites (N-methyl/N-ethyl adjacent to an activating group) is 1. The van der Waals surface area contributed by atoms with Gasteiger partial charge in [0, 0.05) is 18.7 Å². The Morgan fingerprint density at radius 1 is 1.30 bits per heavy atom. The Morgan fingerprint density at radius 3 is 2.65 bits per heavy atom. The van der Waals surface area contributed by atoms with Crippen LogP contribution in [0, 0.1) is 0 Å². The Balaban J connectivity index is 2.14. The van der Waals surface area contributed by atoms with E-state index in [1.54, 1.807) is 11.0 Å². The summed E-state index contributed by atoms with van der Waals surface area (Å²) < 4.78 is 0. The number of rotatable bonds is 5. The fraction of sp³-hybridized carbons (Fsp3) is 0.385. The number of carbonyl (C=O) groups excluding carboxylic acids is 1. The zero-order valence-corrected chi connectivity index (χ0v) is 12.2. The van der Waals surface area contributed by atoms with Gasteiger partial charge >= 0.3 is 0 Å². The SMILES string of the molecule is CCN(CC)C(=O)Cn1nnc(-c2ccccc2Cl)n1. The van der Waals surface area contributed by atoms with Gasteiger partial charge in [0.05, 0.1) is 5.02 Å². The smallest absolute Gasteiger partial charge is 0.246 e. The van der Waals surface area contributed by atoms with Crippen LogP contribution in [0.1, 0.15) is 13.8 Å². The first-order valence-corrected chi connectivity index (χ1v) is 6.84. The van der Waals surface area contributed by atoms with Gasteiger partial charge < -0.3 is 4.90 Å². The Morgan fingerprint density at radius 2 is 2.00 bits per heavy atom. The molecule has 0 bridgehead atoms. The van der Waals surface area contributed by atoms with Crippen molar-refractivity contribution >= 4 is 17.5 Å². The maximum absolute atomic E-state index is 12.0. The molecular formula is C13H16ClN5O. The van der Waals surface area contributed by atoms with Crippen LogP contribution in [0.4, 0.5) is 0 Å². The van der Waals surface area contributed by atoms with E-state index in [4.69, 9.17) is 11.6 Å². The first kappa shape index (κ1) is 14.5. The minimum atomic E-state index is -0.0295. The summed E-state index contributed by atoms with van der Waals surface area (Å²) in [6.07, 6.45) is 0. The molecule has 0 aliphatic heterocycles. The van der Waals surface area contributed by atoms with E-state index >= 15 is 0 Å². The van der Waals surface area contributed by atoms with Gasteiger partial charge in [-0.25, -0.2) is 0 Å². The monoisotopic (exact) mass is 293 g/mol. The summed E-state index contributed by atoms with van der Waals surface area (Å²) in [5, 5.41) is 12.6. The molecule has 2 rings (SSSR count). The summed E-state index contributed by atoms with van der Waals surface area (Å²) in [5.41, 5.74) is 0.704. The van der Waals surface area contributed by atoms with Crippen molar-refractivity contribution in [3.63, 3.8) is 0 Å². The van der Waals surface area contributed by atoms with Crippen LogP contribution < -0.4 is 0 Å². The second-order valence-electron chi connectivity index (χ2n) is 4.19. The first-order valence-electron chi connectivity index (χ1n) is 6.46. The van der Waals surface area contributed by atoms with Crippen molar-refractivity contribution in [1.29, 1.82) is 0 Å². The third-order valence-electron chi connectivity index (χ3n) is 2.96. The number of hydrogen-bond donors (Lipinski definition) is 0. The van der Waals surface area contributed by atoms with Gasteiger partial charge in [0.15, 0.2) is 0 Å². The fourth-order valence-electron chi connectivity index (χ4n) is 1.86. The minimum Gasteiger partial charge on any atom is -0.342 e. The van der Waals surface area contributed by atoms with Crippen LogP contribution in [-0.4, -0.2) is 44.1 Å². The molecule has 0 unspecified atom stereocenters. The molecule has 20 heavy (non-hydrogen) atoms. The van der Waals surface area contributed by atoms with E-state index in [-0.39, 0.29) is 12.5 Å². The molecule has 2 aromatic rings. The highest BCUT2D eigenvalue weighted by Crippen LogP contribution is 2.23. The summed E-state index contributed by atoms with van der Waals surface area (Å²) in [5.74, 6) is 0.390. The van der Waals surface area contributed by atoms with E-state index < -0.39 is 0 Å². The molecule has 1 aromatic heterocycles. The Labute approximate surface area is 122 Å². The third kappa shape index (κ3) is 3.14. The van der Waals surface area contributed by atoms with E-state index in [9.17, 15) is 4.79 Å². The summed E-state index contributed by atoms with van der Waals surface area (Å²) >= 11 is 6.08. The molecule has 106 valence electrons. The number of tetrazole rings is 1. The predicted octanol–water partition coefficient (Wildman–Crippen LogP) is 1.86. The molecule has 0 fully saturated rings. The zero-order valence-electron chi connectivity index (χ0n) is 11.5. The second kappa shape index (κ2) is 6.47. The third-order valence-corrected chi connectivity index (χ3v) is 3.29. The van der Waals surface area contributed by atoms with E-state index in [2.05, 4.69) is 15.4 Å². The largest absolute Gasteiger partial charge is 0.342 e. The van der Waals surface area contributed by atoms with Gasteiger partial charge in [-0.1, -0.05) is 23.7 Å². The average molecular weight is 294 g/mol. The van der Waals surface area contributed by atoms with Crippen molar-refractivity contribution in [3.8, 4) is 11.4 Å². The molecule has 1 heterocycles. The fourth-order valence-corrected chi connectivity index (χ4v) is 2.08. The molecular weight excluding hydrogens is 278 g/mol. The summed E-state index contributed by atoms with van der Waals surface area (Å²) in [7, 11) is 0. The van der Waals surface area contributed by atoms with Crippen molar-refractivity contribution in [3.05, 3.63) is 29.3 Å². The molecule has 0 spiro atoms. The molecule has 6 nitrogen and oxygen atoms in total. The summed E-state index contributed by atoms with van der Waals surface area (Å²) in [6, 6.07) is 7.26. The highest BCUT2D eigenvalue weighted by molar-refractivity contribution is 6.33. The lowest BCUT2D eigenvalue weighted by atomic mass is 10.2. The molecule has 7 heteroatoms. The van der Waals surface area contributed by atoms with E-state index in [0.717, 1.165) is 0 Å². The average Bonchev–Trinajstić information content (AvgIpc) is 2.89. The lowest BCUT2D eigenvalue weighted by Gasteiger charge is -2.17. The van der Waals surface area contributed by atoms with E-state index in [1.165, 1.54) is 4.80 Å². The lowest BCUT2D eigenvalue weighted by Crippen LogP contribution is -2.34. The molecule has 0 atom stereocenters. The van der Waals surface area contributed by atoms with Gasteiger partial charge in [0.2, 0.25) is 11.7 Å². The van der Waals surface area contributed by atoms with Crippen LogP contribution in [0.5, 0.6) is 0 Å². The molecule has 0 saturated carbocycles. The van der Waals surface area contributed by atoms with Crippen molar-refractivity contribution in [2.45, 2.75) is 20.4 Å². The molecule has 0 aliphatic carbocycles. The maximum atomic E-state index is 12.0. The Kier molecular flexibility index (Phi) is 4.68. The number of hydrogen-bond acceptors (Lipinski definition) is 4. The Hall–Kier alpha value is -1.95. The second-order valence-corrected chi connectivity index (χ2v) is 4.60. The van der Waals surface area contributed by atoms with Crippen molar-refractivity contribution in [2.75, 3.05) is 13.1 Å². The number of halogens is 1. The summed E-state index contributed by atoms with van der Waals surface area (Å²) in [4.78, 5) is 15.0. The van der Waals surface area contributed by atoms with Crippen LogP contribution >= 0.6 is 11.6 Å². The number of amides is 1. The van der Waals surface area contributed by atoms with Gasteiger partial charge in [-0.05, 0) is 31.2 Å². The molecule has 0 aliphatic rings. The van der Waals surface area contributed by atoms with Crippen LogP contribution in [0.15, 0.2) is 24.3 Å². The van der Waals surface area contributed by atoms with Crippen LogP contribution in [0.2, 0.25) is 5.02 Å². The van der Waals surface area contributed by atoms with Gasteiger partial charge in [-0.2, -0.15) is 4.80 Å². The van der Waals surface area contributed by atoms with Crippen molar-refractivity contribution < 1.29 is 4.79 Å².